The second kappa shape index (κ2) is 11.5. The Kier molecular flexibility index (Phi) is 7.99. The van der Waals surface area contributed by atoms with Crippen LogP contribution in [0.5, 0.6) is 0 Å². The Bertz CT molecular complexity index is 1550. The third-order valence-electron chi connectivity index (χ3n) is 6.08. The van der Waals surface area contributed by atoms with Gasteiger partial charge in [-0.05, 0) is 55.3 Å². The number of carbonyl (C=O) groups is 3. The van der Waals surface area contributed by atoms with Crippen molar-refractivity contribution in [2.75, 3.05) is 12.4 Å². The van der Waals surface area contributed by atoms with Crippen LogP contribution in [-0.2, 0) is 27.4 Å². The van der Waals surface area contributed by atoms with Gasteiger partial charge in [-0.3, -0.25) is 24.2 Å². The van der Waals surface area contributed by atoms with Crippen molar-refractivity contribution < 1.29 is 19.2 Å². The summed E-state index contributed by atoms with van der Waals surface area (Å²) in [5.74, 6) is -0.298. The molecule has 2 aromatic carbocycles. The topological polar surface area (TPSA) is 143 Å². The van der Waals surface area contributed by atoms with Crippen molar-refractivity contribution >= 4 is 41.3 Å². The number of halogens is 1. The molecule has 0 spiro atoms. The summed E-state index contributed by atoms with van der Waals surface area (Å²) in [4.78, 5) is 58.0. The molecule has 11 heteroatoms. The number of nitrogens with one attached hydrogen (secondary N) is 2. The molecule has 4 rings (SSSR count). The van der Waals surface area contributed by atoms with E-state index in [-0.39, 0.29) is 24.4 Å². The van der Waals surface area contributed by atoms with E-state index in [2.05, 4.69) is 26.7 Å². The van der Waals surface area contributed by atoms with Gasteiger partial charge in [0.2, 0.25) is 5.91 Å². The van der Waals surface area contributed by atoms with Gasteiger partial charge in [-0.2, -0.15) is 5.26 Å². The van der Waals surface area contributed by atoms with Crippen molar-refractivity contribution in [1.29, 1.82) is 5.26 Å². The third kappa shape index (κ3) is 5.48. The molecule has 0 atom stereocenters. The third-order valence-corrected chi connectivity index (χ3v) is 6.31. The number of nitrogens with zero attached hydrogens (tertiary/aromatic N) is 3. The Morgan fingerprint density at radius 2 is 1.92 bits per heavy atom. The summed E-state index contributed by atoms with van der Waals surface area (Å²) in [6.45, 7) is -0.0640. The molecule has 0 radical (unpaired) electrons. The summed E-state index contributed by atoms with van der Waals surface area (Å²) < 4.78 is 1.30. The number of amidine groups is 1. The quantitative estimate of drug-likeness (QED) is 0.206. The first-order valence-corrected chi connectivity index (χ1v) is 12.0. The second-order valence-corrected chi connectivity index (χ2v) is 8.83. The molecule has 0 fully saturated rings. The first-order valence-electron chi connectivity index (χ1n) is 11.6. The van der Waals surface area contributed by atoms with Crippen LogP contribution in [0.25, 0.3) is 11.1 Å². The molecular weight excluding hydrogens is 510 g/mol. The summed E-state index contributed by atoms with van der Waals surface area (Å²) in [6, 6.07) is 14.6. The number of aromatic nitrogens is 1. The van der Waals surface area contributed by atoms with Crippen LogP contribution in [0.15, 0.2) is 58.3 Å². The van der Waals surface area contributed by atoms with Crippen LogP contribution in [-0.4, -0.2) is 35.6 Å². The summed E-state index contributed by atoms with van der Waals surface area (Å²) in [7, 11) is 1.52. The van der Waals surface area contributed by atoms with Gasteiger partial charge in [0.1, 0.15) is 6.54 Å². The minimum absolute atomic E-state index is 0.157. The molecule has 1 amide bonds. The lowest BCUT2D eigenvalue weighted by molar-refractivity contribution is -0.132. The number of ketones is 1. The summed E-state index contributed by atoms with van der Waals surface area (Å²) in [6.07, 6.45) is 1.28. The number of Topliss-reactive ketones (excluding diaryl/α,β-unsaturated/α-hetero) is 1. The van der Waals surface area contributed by atoms with Crippen molar-refractivity contribution in [2.45, 2.75) is 25.8 Å². The van der Waals surface area contributed by atoms with Gasteiger partial charge >= 0.3 is 6.47 Å². The van der Waals surface area contributed by atoms with Crippen LogP contribution < -0.4 is 16.4 Å². The fourth-order valence-corrected chi connectivity index (χ4v) is 4.57. The molecule has 1 aromatic heterocycles. The van der Waals surface area contributed by atoms with Gasteiger partial charge in [-0.1, -0.05) is 11.6 Å². The van der Waals surface area contributed by atoms with Crippen LogP contribution in [0.3, 0.4) is 0 Å². The molecule has 1 aliphatic rings. The molecule has 0 aliphatic heterocycles. The van der Waals surface area contributed by atoms with E-state index >= 15 is 0 Å². The molecule has 1 heterocycles. The predicted octanol–water partition coefficient (Wildman–Crippen LogP) is 3.25. The highest BCUT2D eigenvalue weighted by atomic mass is 35.5. The van der Waals surface area contributed by atoms with Crippen molar-refractivity contribution in [3.8, 4) is 17.2 Å². The Hall–Kier alpha value is -4.75. The van der Waals surface area contributed by atoms with Crippen molar-refractivity contribution in [3.05, 3.63) is 86.3 Å². The number of hydrogen-bond acceptors (Lipinski definition) is 7. The largest absolute Gasteiger partial charge is 0.345 e. The van der Waals surface area contributed by atoms with Gasteiger partial charge in [0, 0.05) is 58.2 Å². The molecule has 0 saturated heterocycles. The SMILES string of the molecule is CN=C(NOC=O)c1ccc(NC(=O)Cn2c3c(c(-c4cc(Cl)ccc4C#N)cc2=O)C(=O)CCC3)cc1. The van der Waals surface area contributed by atoms with Crippen molar-refractivity contribution in [1.82, 2.24) is 10.0 Å². The number of anilines is 1. The predicted molar refractivity (Wildman–Crippen MR) is 141 cm³/mol. The smallest absolute Gasteiger partial charge is 0.320 e. The van der Waals surface area contributed by atoms with E-state index in [0.717, 1.165) is 0 Å². The lowest BCUT2D eigenvalue weighted by Crippen LogP contribution is -2.33. The van der Waals surface area contributed by atoms with E-state index < -0.39 is 11.5 Å². The van der Waals surface area contributed by atoms with E-state index in [4.69, 9.17) is 11.6 Å². The highest BCUT2D eigenvalue weighted by molar-refractivity contribution is 6.31. The van der Waals surface area contributed by atoms with Crippen LogP contribution in [0, 0.1) is 11.3 Å². The molecule has 3 aromatic rings. The van der Waals surface area contributed by atoms with Gasteiger partial charge in [0.05, 0.1) is 11.6 Å². The molecule has 0 saturated carbocycles. The molecule has 1 aliphatic carbocycles. The van der Waals surface area contributed by atoms with E-state index in [9.17, 15) is 24.4 Å². The Balaban J connectivity index is 1.64. The number of nitriles is 1. The van der Waals surface area contributed by atoms with Crippen LogP contribution in [0.1, 0.15) is 40.0 Å². The number of benzene rings is 2. The monoisotopic (exact) mass is 531 g/mol. The highest BCUT2D eigenvalue weighted by Gasteiger charge is 2.27. The molecule has 38 heavy (non-hydrogen) atoms. The van der Waals surface area contributed by atoms with Gasteiger partial charge in [0.15, 0.2) is 11.6 Å². The number of hydrogen-bond donors (Lipinski definition) is 2. The first-order chi connectivity index (χ1) is 18.4. The van der Waals surface area contributed by atoms with Gasteiger partial charge in [0.25, 0.3) is 5.56 Å². The number of aliphatic imine (C=N–C) groups is 1. The number of carbonyl (C=O) groups excluding carboxylic acids is 3. The van der Waals surface area contributed by atoms with Crippen molar-refractivity contribution in [3.63, 3.8) is 0 Å². The number of fused-ring (bicyclic) bond motifs is 1. The summed E-state index contributed by atoms with van der Waals surface area (Å²) in [5.41, 5.74) is 4.86. The maximum Gasteiger partial charge on any atom is 0.320 e. The molecule has 10 nitrogen and oxygen atoms in total. The summed E-state index contributed by atoms with van der Waals surface area (Å²) >= 11 is 6.16. The van der Waals surface area contributed by atoms with Gasteiger partial charge in [-0.15, -0.1) is 0 Å². The minimum Gasteiger partial charge on any atom is -0.345 e. The van der Waals surface area contributed by atoms with E-state index in [0.29, 0.717) is 63.8 Å². The van der Waals surface area contributed by atoms with E-state index in [1.807, 2.05) is 0 Å². The molecular formula is C27H22ClN5O5. The summed E-state index contributed by atoms with van der Waals surface area (Å²) in [5, 5.41) is 12.7. The lowest BCUT2D eigenvalue weighted by Gasteiger charge is -2.23. The van der Waals surface area contributed by atoms with Gasteiger partial charge in [-0.25, -0.2) is 5.48 Å². The average molecular weight is 532 g/mol. The average Bonchev–Trinajstić information content (AvgIpc) is 2.91. The minimum atomic E-state index is -0.465. The van der Waals surface area contributed by atoms with E-state index in [1.54, 1.807) is 42.5 Å². The van der Waals surface area contributed by atoms with Gasteiger partial charge < -0.3 is 14.7 Å². The number of amides is 1. The number of hydroxylamine groups is 1. The first kappa shape index (κ1) is 26.3. The molecule has 192 valence electrons. The standard InChI is InChI=1S/C27H22ClN5O5/c1-30-27(32-38-15-34)16-6-9-19(10-7-16)31-24(36)14-33-22-3-2-4-23(35)26(22)21(12-25(33)37)20-11-18(28)8-5-17(20)13-29/h5-12,15H,2-4,14H2,1H3,(H,30,32)(H,31,36). The Morgan fingerprint density at radius 1 is 1.16 bits per heavy atom. The molecule has 0 bridgehead atoms. The fraction of sp³-hybridized carbons (Fsp3) is 0.185. The lowest BCUT2D eigenvalue weighted by atomic mass is 9.86. The maximum absolute atomic E-state index is 13.2. The molecule has 2 N–H and O–H groups in total. The van der Waals surface area contributed by atoms with E-state index in [1.165, 1.54) is 17.7 Å². The second-order valence-electron chi connectivity index (χ2n) is 8.40. The Labute approximate surface area is 222 Å². The number of pyridine rings is 1. The fourth-order valence-electron chi connectivity index (χ4n) is 4.40. The zero-order valence-electron chi connectivity index (χ0n) is 20.3. The normalized spacial score (nSPS) is 12.8. The number of rotatable bonds is 7. The van der Waals surface area contributed by atoms with Crippen LogP contribution in [0.2, 0.25) is 5.02 Å². The highest BCUT2D eigenvalue weighted by Crippen LogP contribution is 2.33. The van der Waals surface area contributed by atoms with Crippen LogP contribution >= 0.6 is 11.6 Å². The maximum atomic E-state index is 13.2. The molecule has 0 unspecified atom stereocenters. The Morgan fingerprint density at radius 3 is 2.61 bits per heavy atom. The zero-order valence-corrected chi connectivity index (χ0v) is 21.0. The van der Waals surface area contributed by atoms with Crippen LogP contribution in [0.4, 0.5) is 5.69 Å². The van der Waals surface area contributed by atoms with Crippen molar-refractivity contribution in [2.24, 2.45) is 4.99 Å². The zero-order chi connectivity index (χ0) is 27.2.